The van der Waals surface area contributed by atoms with Crippen LogP contribution in [0.1, 0.15) is 15.9 Å². The molecule has 1 unspecified atom stereocenters. The highest BCUT2D eigenvalue weighted by Crippen LogP contribution is 2.16. The van der Waals surface area contributed by atoms with Gasteiger partial charge in [-0.15, -0.1) is 0 Å². The lowest BCUT2D eigenvalue weighted by Crippen LogP contribution is -2.33. The highest BCUT2D eigenvalue weighted by Gasteiger charge is 2.18. The van der Waals surface area contributed by atoms with E-state index in [0.717, 1.165) is 0 Å². The number of ether oxygens (including phenoxy) is 1. The summed E-state index contributed by atoms with van der Waals surface area (Å²) in [6.45, 7) is 1.76. The van der Waals surface area contributed by atoms with Crippen LogP contribution in [0.25, 0.3) is 0 Å². The molecule has 7 nitrogen and oxygen atoms in total. The number of hydrogen-bond acceptors (Lipinski definition) is 5. The molecule has 0 spiro atoms. The summed E-state index contributed by atoms with van der Waals surface area (Å²) in [5.41, 5.74) is 0.655. The number of aryl methyl sites for hydroxylation is 1. The zero-order chi connectivity index (χ0) is 15.3. The third-order valence-corrected chi connectivity index (χ3v) is 3.38. The molecule has 20 heavy (non-hydrogen) atoms. The van der Waals surface area contributed by atoms with E-state index in [0.29, 0.717) is 5.56 Å². The van der Waals surface area contributed by atoms with Crippen molar-refractivity contribution in [2.24, 2.45) is 0 Å². The first-order valence-electron chi connectivity index (χ1n) is 5.61. The van der Waals surface area contributed by atoms with Crippen LogP contribution >= 0.6 is 22.6 Å². The normalized spacial score (nSPS) is 11.6. The summed E-state index contributed by atoms with van der Waals surface area (Å²) < 4.78 is 4.02. The lowest BCUT2D eigenvalue weighted by Gasteiger charge is -2.09. The first-order valence-corrected chi connectivity index (χ1v) is 6.86. The molecule has 0 aliphatic rings. The Bertz CT molecular complexity index is 547. The van der Waals surface area contributed by atoms with Crippen LogP contribution in [0.3, 0.4) is 0 Å². The number of carbonyl (C=O) groups is 2. The number of esters is 1. The molecule has 0 saturated carbocycles. The van der Waals surface area contributed by atoms with E-state index >= 15 is 0 Å². The highest BCUT2D eigenvalue weighted by molar-refractivity contribution is 14.1. The Morgan fingerprint density at radius 3 is 2.65 bits per heavy atom. The SMILES string of the molecule is COC(=O)C(I)CNC(=O)c1cc(C)cc([N+](=O)[O-])c1. The number of alkyl halides is 1. The number of nitrogens with one attached hydrogen (secondary N) is 1. The zero-order valence-electron chi connectivity index (χ0n) is 10.9. The molecule has 1 atom stereocenters. The molecule has 1 aromatic rings. The van der Waals surface area contributed by atoms with Crippen molar-refractivity contribution in [3.05, 3.63) is 39.4 Å². The summed E-state index contributed by atoms with van der Waals surface area (Å²) in [5, 5.41) is 13.3. The van der Waals surface area contributed by atoms with Crippen LogP contribution in [-0.4, -0.2) is 34.4 Å². The van der Waals surface area contributed by atoms with Gasteiger partial charge in [-0.25, -0.2) is 0 Å². The molecular weight excluding hydrogens is 379 g/mol. The summed E-state index contributed by atoms with van der Waals surface area (Å²) in [7, 11) is 1.26. The fourth-order valence-electron chi connectivity index (χ4n) is 1.49. The van der Waals surface area contributed by atoms with Gasteiger partial charge in [-0.3, -0.25) is 19.7 Å². The number of nitro benzene ring substituents is 1. The second-order valence-corrected chi connectivity index (χ2v) is 5.52. The quantitative estimate of drug-likeness (QED) is 0.270. The van der Waals surface area contributed by atoms with Gasteiger partial charge in [-0.1, -0.05) is 22.6 Å². The predicted molar refractivity (Wildman–Crippen MR) is 80.0 cm³/mol. The number of methoxy groups -OCH3 is 1. The maximum atomic E-state index is 11.9. The van der Waals surface area contributed by atoms with Gasteiger partial charge in [0.05, 0.1) is 12.0 Å². The molecule has 0 fully saturated rings. The molecular formula is C12H13IN2O5. The fraction of sp³-hybridized carbons (Fsp3) is 0.333. The van der Waals surface area contributed by atoms with Gasteiger partial charge < -0.3 is 10.1 Å². The minimum atomic E-state index is -0.556. The van der Waals surface area contributed by atoms with Gasteiger partial charge in [-0.2, -0.15) is 0 Å². The average molecular weight is 392 g/mol. The van der Waals surface area contributed by atoms with Gasteiger partial charge in [0.2, 0.25) is 0 Å². The maximum absolute atomic E-state index is 11.9. The standard InChI is InChI=1S/C12H13IN2O5/c1-7-3-8(5-9(4-7)15(18)19)11(16)14-6-10(13)12(17)20-2/h3-5,10H,6H2,1-2H3,(H,14,16). The highest BCUT2D eigenvalue weighted by atomic mass is 127. The Labute approximate surface area is 129 Å². The predicted octanol–water partition coefficient (Wildman–Crippen LogP) is 1.61. The smallest absolute Gasteiger partial charge is 0.320 e. The number of non-ortho nitro benzene ring substituents is 1. The average Bonchev–Trinajstić information content (AvgIpc) is 2.42. The number of nitro groups is 1. The number of benzene rings is 1. The number of nitrogens with zero attached hydrogens (tertiary/aromatic N) is 1. The van der Waals surface area contributed by atoms with E-state index < -0.39 is 20.7 Å². The van der Waals surface area contributed by atoms with Gasteiger partial charge in [-0.05, 0) is 18.6 Å². The summed E-state index contributed by atoms with van der Waals surface area (Å²) in [5.74, 6) is -0.913. The molecule has 1 rings (SSSR count). The molecule has 0 radical (unpaired) electrons. The number of hydrogen-bond donors (Lipinski definition) is 1. The van der Waals surface area contributed by atoms with Crippen LogP contribution in [0.2, 0.25) is 0 Å². The number of carbonyl (C=O) groups excluding carboxylic acids is 2. The van der Waals surface area contributed by atoms with Crippen molar-refractivity contribution in [2.45, 2.75) is 10.8 Å². The van der Waals surface area contributed by atoms with Crippen LogP contribution in [0.15, 0.2) is 18.2 Å². The van der Waals surface area contributed by atoms with Gasteiger partial charge in [0.1, 0.15) is 3.92 Å². The largest absolute Gasteiger partial charge is 0.468 e. The number of amides is 1. The lowest BCUT2D eigenvalue weighted by atomic mass is 10.1. The van der Waals surface area contributed by atoms with E-state index in [2.05, 4.69) is 10.1 Å². The molecule has 0 bridgehead atoms. The van der Waals surface area contributed by atoms with Crippen molar-refractivity contribution in [3.8, 4) is 0 Å². The van der Waals surface area contributed by atoms with Gasteiger partial charge >= 0.3 is 5.97 Å². The monoisotopic (exact) mass is 392 g/mol. The van der Waals surface area contributed by atoms with E-state index in [1.165, 1.54) is 19.2 Å². The molecule has 1 N–H and O–H groups in total. The van der Waals surface area contributed by atoms with Crippen LogP contribution in [0.5, 0.6) is 0 Å². The molecule has 1 aromatic carbocycles. The summed E-state index contributed by atoms with van der Waals surface area (Å²) in [6.07, 6.45) is 0. The Morgan fingerprint density at radius 2 is 2.10 bits per heavy atom. The second kappa shape index (κ2) is 7.17. The van der Waals surface area contributed by atoms with E-state index in [9.17, 15) is 19.7 Å². The number of halogens is 1. The molecule has 0 aliphatic carbocycles. The molecule has 1 amide bonds. The Kier molecular flexibility index (Phi) is 5.86. The van der Waals surface area contributed by atoms with E-state index in [1.54, 1.807) is 13.0 Å². The van der Waals surface area contributed by atoms with Crippen molar-refractivity contribution in [1.29, 1.82) is 0 Å². The minimum Gasteiger partial charge on any atom is -0.468 e. The summed E-state index contributed by atoms with van der Waals surface area (Å²) in [4.78, 5) is 33.3. The first-order chi connectivity index (χ1) is 9.35. The van der Waals surface area contributed by atoms with Crippen molar-refractivity contribution < 1.29 is 19.2 Å². The van der Waals surface area contributed by atoms with E-state index in [4.69, 9.17) is 0 Å². The Morgan fingerprint density at radius 1 is 1.45 bits per heavy atom. The van der Waals surface area contributed by atoms with E-state index in [-0.39, 0.29) is 17.8 Å². The van der Waals surface area contributed by atoms with Crippen LogP contribution < -0.4 is 5.32 Å². The van der Waals surface area contributed by atoms with Crippen molar-refractivity contribution in [3.63, 3.8) is 0 Å². The first kappa shape index (κ1) is 16.3. The van der Waals surface area contributed by atoms with Crippen LogP contribution in [0, 0.1) is 17.0 Å². The Balaban J connectivity index is 2.78. The topological polar surface area (TPSA) is 98.5 Å². The zero-order valence-corrected chi connectivity index (χ0v) is 13.0. The molecule has 108 valence electrons. The molecule has 0 aromatic heterocycles. The molecule has 0 aliphatic heterocycles. The summed E-state index contributed by atoms with van der Waals surface area (Å²) >= 11 is 1.85. The van der Waals surface area contributed by atoms with Crippen molar-refractivity contribution in [1.82, 2.24) is 5.32 Å². The summed E-state index contributed by atoms with van der Waals surface area (Å²) in [6, 6.07) is 4.12. The van der Waals surface area contributed by atoms with Crippen molar-refractivity contribution in [2.75, 3.05) is 13.7 Å². The van der Waals surface area contributed by atoms with Gasteiger partial charge in [0.15, 0.2) is 0 Å². The van der Waals surface area contributed by atoms with Crippen LogP contribution in [-0.2, 0) is 9.53 Å². The third kappa shape index (κ3) is 4.44. The lowest BCUT2D eigenvalue weighted by molar-refractivity contribution is -0.384. The molecule has 0 saturated heterocycles. The van der Waals surface area contributed by atoms with E-state index in [1.807, 2.05) is 22.6 Å². The fourth-order valence-corrected chi connectivity index (χ4v) is 1.97. The van der Waals surface area contributed by atoms with Gasteiger partial charge in [0.25, 0.3) is 11.6 Å². The van der Waals surface area contributed by atoms with Crippen LogP contribution in [0.4, 0.5) is 5.69 Å². The molecule has 8 heteroatoms. The number of rotatable bonds is 5. The second-order valence-electron chi connectivity index (χ2n) is 4.02. The maximum Gasteiger partial charge on any atom is 0.320 e. The molecule has 0 heterocycles. The third-order valence-electron chi connectivity index (χ3n) is 2.43. The van der Waals surface area contributed by atoms with Crippen molar-refractivity contribution >= 4 is 40.2 Å². The van der Waals surface area contributed by atoms with Gasteiger partial charge in [0, 0.05) is 24.2 Å². The minimum absolute atomic E-state index is 0.0911. The Hall–Kier alpha value is -1.71.